The summed E-state index contributed by atoms with van der Waals surface area (Å²) in [7, 11) is 0. The molecular weight excluding hydrogens is 402 g/mol. The van der Waals surface area contributed by atoms with E-state index >= 15 is 0 Å². The van der Waals surface area contributed by atoms with Crippen molar-refractivity contribution in [2.75, 3.05) is 13.1 Å². The molecule has 3 aliphatic heterocycles. The number of carbonyl (C=O) groups excluding carboxylic acids is 1. The third kappa shape index (κ3) is 3.56. The summed E-state index contributed by atoms with van der Waals surface area (Å²) in [5, 5.41) is 23.5. The molecule has 1 aromatic rings. The van der Waals surface area contributed by atoms with Crippen molar-refractivity contribution in [3.8, 4) is 0 Å². The van der Waals surface area contributed by atoms with Crippen LogP contribution in [0.3, 0.4) is 0 Å². The summed E-state index contributed by atoms with van der Waals surface area (Å²) in [5.74, 6) is -1.96. The number of thioether (sulfide) groups is 1. The third-order valence-corrected chi connectivity index (χ3v) is 8.02. The van der Waals surface area contributed by atoms with Crippen molar-refractivity contribution in [2.45, 2.75) is 50.1 Å². The molecule has 0 aromatic heterocycles. The van der Waals surface area contributed by atoms with Crippen molar-refractivity contribution in [2.24, 2.45) is 17.6 Å². The maximum absolute atomic E-state index is 12.5. The van der Waals surface area contributed by atoms with E-state index < -0.39 is 18.0 Å². The molecule has 4 rings (SSSR count). The minimum absolute atomic E-state index is 0.0898. The number of aliphatic carboxylic acids is 1. The normalized spacial score (nSPS) is 31.7. The van der Waals surface area contributed by atoms with Gasteiger partial charge in [-0.2, -0.15) is 0 Å². The fourth-order valence-electron chi connectivity index (χ4n) is 4.99. The van der Waals surface area contributed by atoms with Gasteiger partial charge in [-0.05, 0) is 37.4 Å². The highest BCUT2D eigenvalue weighted by molar-refractivity contribution is 8.03. The third-order valence-electron chi connectivity index (χ3n) is 6.51. The average molecular weight is 432 g/mol. The number of hydrogen-bond donors (Lipinski definition) is 4. The number of nitrogens with zero attached hydrogens (tertiary/aromatic N) is 1. The zero-order valence-electron chi connectivity index (χ0n) is 17.2. The Bertz CT molecular complexity index is 870. The molecule has 0 saturated carbocycles. The van der Waals surface area contributed by atoms with Gasteiger partial charge in [0.2, 0.25) is 5.91 Å². The summed E-state index contributed by atoms with van der Waals surface area (Å²) in [5.41, 5.74) is 8.17. The zero-order chi connectivity index (χ0) is 21.6. The highest BCUT2D eigenvalue weighted by Gasteiger charge is 2.60. The molecule has 0 radical (unpaired) electrons. The van der Waals surface area contributed by atoms with Crippen LogP contribution < -0.4 is 11.1 Å². The number of carboxylic acid groups (broad SMARTS) is 1. The van der Waals surface area contributed by atoms with Gasteiger partial charge in [-0.1, -0.05) is 31.2 Å². The molecule has 30 heavy (non-hydrogen) atoms. The van der Waals surface area contributed by atoms with E-state index in [0.29, 0.717) is 6.54 Å². The highest BCUT2D eigenvalue weighted by Crippen LogP contribution is 2.52. The summed E-state index contributed by atoms with van der Waals surface area (Å²) >= 11 is 1.58. The number of aliphatic hydroxyl groups excluding tert-OH is 1. The van der Waals surface area contributed by atoms with Gasteiger partial charge in [-0.15, -0.1) is 11.8 Å². The van der Waals surface area contributed by atoms with E-state index in [0.717, 1.165) is 24.3 Å². The van der Waals surface area contributed by atoms with Gasteiger partial charge in [0.15, 0.2) is 0 Å². The lowest BCUT2D eigenvalue weighted by atomic mass is 9.79. The van der Waals surface area contributed by atoms with E-state index in [1.807, 2.05) is 6.92 Å². The Morgan fingerprint density at radius 2 is 2.07 bits per heavy atom. The zero-order valence-corrected chi connectivity index (χ0v) is 18.1. The Kier molecular flexibility index (Phi) is 5.94. The van der Waals surface area contributed by atoms with Crippen molar-refractivity contribution in [3.63, 3.8) is 0 Å². The van der Waals surface area contributed by atoms with Gasteiger partial charge >= 0.3 is 5.97 Å². The number of benzene rings is 1. The van der Waals surface area contributed by atoms with E-state index in [4.69, 9.17) is 5.73 Å². The number of aliphatic hydroxyl groups is 1. The van der Waals surface area contributed by atoms with Crippen molar-refractivity contribution in [3.05, 3.63) is 46.0 Å². The van der Waals surface area contributed by atoms with E-state index in [1.54, 1.807) is 18.7 Å². The van der Waals surface area contributed by atoms with Crippen molar-refractivity contribution in [1.82, 2.24) is 10.2 Å². The van der Waals surface area contributed by atoms with Crippen LogP contribution in [-0.4, -0.2) is 57.5 Å². The highest BCUT2D eigenvalue weighted by atomic mass is 32.2. The topological polar surface area (TPSA) is 116 Å². The molecule has 0 aliphatic carbocycles. The number of rotatable bonds is 7. The number of nitrogens with one attached hydrogen (secondary N) is 1. The molecule has 2 unspecified atom stereocenters. The van der Waals surface area contributed by atoms with Crippen LogP contribution in [0.5, 0.6) is 0 Å². The molecule has 0 spiro atoms. The molecule has 2 saturated heterocycles. The van der Waals surface area contributed by atoms with Crippen molar-refractivity contribution >= 4 is 23.6 Å². The minimum Gasteiger partial charge on any atom is -0.477 e. The number of carbonyl (C=O) groups is 2. The molecule has 5 N–H and O–H groups in total. The molecule has 2 fully saturated rings. The Hall–Kier alpha value is -1.87. The van der Waals surface area contributed by atoms with E-state index in [9.17, 15) is 19.8 Å². The Labute approximate surface area is 180 Å². The average Bonchev–Trinajstić information content (AvgIpc) is 3.25. The second-order valence-corrected chi connectivity index (χ2v) is 9.83. The quantitative estimate of drug-likeness (QED) is 0.483. The summed E-state index contributed by atoms with van der Waals surface area (Å²) in [6, 6.07) is 8.46. The van der Waals surface area contributed by atoms with Crippen LogP contribution in [0.15, 0.2) is 34.9 Å². The number of carboxylic acids is 1. The first-order chi connectivity index (χ1) is 14.3. The van der Waals surface area contributed by atoms with Gasteiger partial charge < -0.3 is 26.2 Å². The van der Waals surface area contributed by atoms with Crippen LogP contribution >= 0.6 is 11.8 Å². The molecule has 3 heterocycles. The summed E-state index contributed by atoms with van der Waals surface area (Å²) in [6.07, 6.45) is 0.980. The van der Waals surface area contributed by atoms with Gasteiger partial charge in [0.05, 0.1) is 18.1 Å². The standard InChI is InChI=1S/C22H29N3O4S/c1-11-18-17(12(2)26)21(27)25(18)19(22(28)29)20(11)30-15-9-16(24-10-15)14-5-3-13(4-6-14)7-8-23/h3-6,11-12,15-18,24,26H,7-10,23H2,1-2H3,(H,28,29)/t11-,12?,15-,16?,17+,18-/m0/s1. The predicted molar refractivity (Wildman–Crippen MR) is 116 cm³/mol. The molecule has 6 atom stereocenters. The largest absolute Gasteiger partial charge is 0.477 e. The molecule has 8 heteroatoms. The minimum atomic E-state index is -1.07. The fraction of sp³-hybridized carbons (Fsp3) is 0.545. The van der Waals surface area contributed by atoms with Gasteiger partial charge in [0, 0.05) is 28.7 Å². The van der Waals surface area contributed by atoms with E-state index in [-0.39, 0.29) is 34.9 Å². The van der Waals surface area contributed by atoms with Crippen LogP contribution in [0.25, 0.3) is 0 Å². The number of fused-ring (bicyclic) bond motifs is 1. The Balaban J connectivity index is 1.47. The van der Waals surface area contributed by atoms with E-state index in [1.165, 1.54) is 16.0 Å². The van der Waals surface area contributed by atoms with Crippen LogP contribution in [0, 0.1) is 11.8 Å². The van der Waals surface area contributed by atoms with Crippen molar-refractivity contribution in [1.29, 1.82) is 0 Å². The first kappa shape index (κ1) is 21.4. The molecule has 1 amide bonds. The Morgan fingerprint density at radius 3 is 2.67 bits per heavy atom. The smallest absolute Gasteiger partial charge is 0.353 e. The lowest BCUT2D eigenvalue weighted by molar-refractivity contribution is -0.163. The maximum atomic E-state index is 12.5. The molecule has 162 valence electrons. The Morgan fingerprint density at radius 1 is 1.37 bits per heavy atom. The number of amides is 1. The molecule has 7 nitrogen and oxygen atoms in total. The first-order valence-corrected chi connectivity index (χ1v) is 11.4. The van der Waals surface area contributed by atoms with Crippen LogP contribution in [0.2, 0.25) is 0 Å². The van der Waals surface area contributed by atoms with Crippen molar-refractivity contribution < 1.29 is 19.8 Å². The lowest BCUT2D eigenvalue weighted by Crippen LogP contribution is -2.63. The number of hydrogen-bond acceptors (Lipinski definition) is 6. The summed E-state index contributed by atoms with van der Waals surface area (Å²) < 4.78 is 0. The van der Waals surface area contributed by atoms with Gasteiger partial charge in [0.25, 0.3) is 0 Å². The summed E-state index contributed by atoms with van der Waals surface area (Å²) in [6.45, 7) is 4.98. The second-order valence-electron chi connectivity index (χ2n) is 8.49. The predicted octanol–water partition coefficient (Wildman–Crippen LogP) is 1.48. The molecule has 3 aliphatic rings. The monoisotopic (exact) mass is 431 g/mol. The van der Waals surface area contributed by atoms with Crippen LogP contribution in [0.4, 0.5) is 0 Å². The SMILES string of the molecule is CC(O)[C@H]1C(=O)N2C(C(=O)O)=C(S[C@@H]3CNC(c4ccc(CCN)cc4)C3)[C@@H](C)[C@@H]12. The van der Waals surface area contributed by atoms with Crippen LogP contribution in [0.1, 0.15) is 37.4 Å². The second kappa shape index (κ2) is 8.34. The van der Waals surface area contributed by atoms with Gasteiger partial charge in [-0.25, -0.2) is 4.79 Å². The van der Waals surface area contributed by atoms with E-state index in [2.05, 4.69) is 29.6 Å². The first-order valence-electron chi connectivity index (χ1n) is 10.5. The molecule has 0 bridgehead atoms. The molecule has 1 aromatic carbocycles. The maximum Gasteiger partial charge on any atom is 0.353 e. The number of nitrogens with two attached hydrogens (primary N) is 1. The lowest BCUT2D eigenvalue weighted by Gasteiger charge is -2.46. The molecular formula is C22H29N3O4S. The van der Waals surface area contributed by atoms with Gasteiger partial charge in [-0.3, -0.25) is 4.79 Å². The summed E-state index contributed by atoms with van der Waals surface area (Å²) in [4.78, 5) is 26.6. The number of β-lactam (4-membered cyclic amide) rings is 1. The fourth-order valence-corrected chi connectivity index (χ4v) is 6.47. The van der Waals surface area contributed by atoms with Crippen LogP contribution in [-0.2, 0) is 16.0 Å². The van der Waals surface area contributed by atoms with Gasteiger partial charge in [0.1, 0.15) is 5.70 Å².